The number of hydrogen-bond donors (Lipinski definition) is 2. The van der Waals surface area contributed by atoms with Crippen LogP contribution < -0.4 is 20.4 Å². The van der Waals surface area contributed by atoms with Gasteiger partial charge in [0.1, 0.15) is 5.58 Å². The van der Waals surface area contributed by atoms with Gasteiger partial charge in [0.05, 0.1) is 12.5 Å². The van der Waals surface area contributed by atoms with Crippen molar-refractivity contribution in [1.29, 1.82) is 0 Å². The summed E-state index contributed by atoms with van der Waals surface area (Å²) < 4.78 is 10.7. The average Bonchev–Trinajstić information content (AvgIpc) is 2.95. The number of anilines is 1. The molecule has 0 radical (unpaired) electrons. The lowest BCUT2D eigenvalue weighted by Gasteiger charge is -2.34. The second kappa shape index (κ2) is 11.6. The van der Waals surface area contributed by atoms with E-state index in [9.17, 15) is 19.5 Å². The maximum atomic E-state index is 12.7. The Hall–Kier alpha value is -4.27. The second-order valence-electron chi connectivity index (χ2n) is 9.96. The number of phenolic OH excluding ortho intramolecular Hbond substituents is 1. The summed E-state index contributed by atoms with van der Waals surface area (Å²) in [7, 11) is 1.39. The monoisotopic (exact) mass is 531 g/mol. The standard InChI is InChI=1S/C30H33N3O6/c1-38-27-18-26-22(16-25(27)35)24(34)17-28(39-26)30(37)31-12-9-20-10-14-32(15-11-20)23-7-3-2-6-21(23)19-33-13-5-4-8-29(33)36/h2-3,6-7,9,16-18,35H,4-5,8,10-15,19H2,1H3,(H,31,37). The molecule has 1 aromatic heterocycles. The zero-order valence-electron chi connectivity index (χ0n) is 22.1. The summed E-state index contributed by atoms with van der Waals surface area (Å²) in [4.78, 5) is 41.8. The normalized spacial score (nSPS) is 15.9. The predicted octanol–water partition coefficient (Wildman–Crippen LogP) is 3.98. The molecule has 3 heterocycles. The summed E-state index contributed by atoms with van der Waals surface area (Å²) >= 11 is 0. The van der Waals surface area contributed by atoms with Crippen LogP contribution in [0.25, 0.3) is 11.0 Å². The number of methoxy groups -OCH3 is 1. The molecule has 2 aliphatic heterocycles. The molecule has 0 saturated carbocycles. The fraction of sp³-hybridized carbons (Fsp3) is 0.367. The van der Waals surface area contributed by atoms with E-state index in [1.165, 1.54) is 36.1 Å². The first-order valence-corrected chi connectivity index (χ1v) is 13.3. The topological polar surface area (TPSA) is 112 Å². The third kappa shape index (κ3) is 5.92. The minimum absolute atomic E-state index is 0.0998. The van der Waals surface area contributed by atoms with Gasteiger partial charge in [-0.2, -0.15) is 0 Å². The molecule has 2 aromatic carbocycles. The van der Waals surface area contributed by atoms with Crippen LogP contribution >= 0.6 is 0 Å². The molecular weight excluding hydrogens is 498 g/mol. The predicted molar refractivity (Wildman–Crippen MR) is 148 cm³/mol. The molecule has 0 bridgehead atoms. The highest BCUT2D eigenvalue weighted by atomic mass is 16.5. The van der Waals surface area contributed by atoms with Crippen molar-refractivity contribution in [2.45, 2.75) is 38.6 Å². The average molecular weight is 532 g/mol. The van der Waals surface area contributed by atoms with Crippen LogP contribution in [0.3, 0.4) is 0 Å². The van der Waals surface area contributed by atoms with Crippen molar-refractivity contribution in [2.75, 3.05) is 38.2 Å². The Balaban J connectivity index is 1.18. The third-order valence-electron chi connectivity index (χ3n) is 7.43. The molecular formula is C30H33N3O6. The van der Waals surface area contributed by atoms with Gasteiger partial charge in [0.25, 0.3) is 5.91 Å². The zero-order chi connectivity index (χ0) is 27.4. The van der Waals surface area contributed by atoms with Gasteiger partial charge in [0, 0.05) is 57.0 Å². The van der Waals surface area contributed by atoms with Crippen molar-refractivity contribution in [1.82, 2.24) is 10.2 Å². The minimum atomic E-state index is -0.489. The van der Waals surface area contributed by atoms with Gasteiger partial charge in [-0.05, 0) is 43.4 Å². The van der Waals surface area contributed by atoms with Crippen molar-refractivity contribution in [3.05, 3.63) is 75.7 Å². The van der Waals surface area contributed by atoms with Crippen molar-refractivity contribution >= 4 is 28.5 Å². The number of carbonyl (C=O) groups excluding carboxylic acids is 2. The molecule has 9 nitrogen and oxygen atoms in total. The molecule has 9 heteroatoms. The van der Waals surface area contributed by atoms with Gasteiger partial charge in [0.2, 0.25) is 5.91 Å². The van der Waals surface area contributed by atoms with Crippen LogP contribution in [0.4, 0.5) is 5.69 Å². The Labute approximate surface area is 226 Å². The van der Waals surface area contributed by atoms with Crippen LogP contribution in [0.1, 0.15) is 48.2 Å². The molecule has 2 amide bonds. The van der Waals surface area contributed by atoms with E-state index in [1.807, 2.05) is 23.1 Å². The van der Waals surface area contributed by atoms with Crippen LogP contribution in [0, 0.1) is 0 Å². The molecule has 2 fully saturated rings. The van der Waals surface area contributed by atoms with Gasteiger partial charge in [-0.1, -0.05) is 29.8 Å². The fourth-order valence-corrected chi connectivity index (χ4v) is 5.25. The molecule has 0 aliphatic carbocycles. The molecule has 2 N–H and O–H groups in total. The van der Waals surface area contributed by atoms with Crippen molar-refractivity contribution < 1.29 is 23.8 Å². The number of nitrogens with one attached hydrogen (secondary N) is 1. The molecule has 39 heavy (non-hydrogen) atoms. The number of benzene rings is 2. The fourth-order valence-electron chi connectivity index (χ4n) is 5.25. The number of likely N-dealkylation sites (tertiary alicyclic amines) is 1. The van der Waals surface area contributed by atoms with Gasteiger partial charge < -0.3 is 29.4 Å². The number of hydrogen-bond acceptors (Lipinski definition) is 7. The number of phenols is 1. The minimum Gasteiger partial charge on any atom is -0.504 e. The third-order valence-corrected chi connectivity index (χ3v) is 7.43. The summed E-state index contributed by atoms with van der Waals surface area (Å²) in [5.41, 5.74) is 3.36. The SMILES string of the molecule is COc1cc2oc(C(=O)NCC=C3CCN(c4ccccc4CN4CCCCC4=O)CC3)cc(=O)c2cc1O. The lowest BCUT2D eigenvalue weighted by atomic mass is 10.0. The number of nitrogens with zero attached hydrogens (tertiary/aromatic N) is 2. The van der Waals surface area contributed by atoms with Crippen molar-refractivity contribution in [3.63, 3.8) is 0 Å². The Kier molecular flexibility index (Phi) is 7.86. The van der Waals surface area contributed by atoms with Crippen LogP contribution in [-0.4, -0.2) is 55.1 Å². The van der Waals surface area contributed by atoms with Crippen molar-refractivity contribution in [3.8, 4) is 11.5 Å². The lowest BCUT2D eigenvalue weighted by Crippen LogP contribution is -2.36. The van der Waals surface area contributed by atoms with Crippen LogP contribution in [0.5, 0.6) is 11.5 Å². The number of ether oxygens (including phenoxy) is 1. The van der Waals surface area contributed by atoms with E-state index in [0.717, 1.165) is 51.4 Å². The number of aromatic hydroxyl groups is 1. The number of piperidine rings is 2. The number of para-hydroxylation sites is 1. The van der Waals surface area contributed by atoms with Gasteiger partial charge in [-0.15, -0.1) is 0 Å². The van der Waals surface area contributed by atoms with E-state index >= 15 is 0 Å². The van der Waals surface area contributed by atoms with Crippen LogP contribution in [0.2, 0.25) is 0 Å². The molecule has 2 saturated heterocycles. The lowest BCUT2D eigenvalue weighted by molar-refractivity contribution is -0.133. The Morgan fingerprint density at radius 1 is 1.08 bits per heavy atom. The van der Waals surface area contributed by atoms with E-state index in [2.05, 4.69) is 22.3 Å². The van der Waals surface area contributed by atoms with E-state index in [1.54, 1.807) is 0 Å². The van der Waals surface area contributed by atoms with E-state index in [-0.39, 0.29) is 34.1 Å². The summed E-state index contributed by atoms with van der Waals surface area (Å²) in [5.74, 6) is -0.368. The van der Waals surface area contributed by atoms with E-state index in [4.69, 9.17) is 9.15 Å². The van der Waals surface area contributed by atoms with Gasteiger partial charge in [0.15, 0.2) is 22.7 Å². The number of carbonyl (C=O) groups is 2. The Morgan fingerprint density at radius 2 is 1.87 bits per heavy atom. The maximum Gasteiger partial charge on any atom is 0.287 e. The van der Waals surface area contributed by atoms with Gasteiger partial charge in [-0.3, -0.25) is 14.4 Å². The Morgan fingerprint density at radius 3 is 2.64 bits per heavy atom. The highest BCUT2D eigenvalue weighted by Crippen LogP contribution is 2.30. The first-order chi connectivity index (χ1) is 18.9. The molecule has 3 aromatic rings. The van der Waals surface area contributed by atoms with E-state index < -0.39 is 11.3 Å². The number of amides is 2. The zero-order valence-corrected chi connectivity index (χ0v) is 22.1. The first-order valence-electron chi connectivity index (χ1n) is 13.3. The highest BCUT2D eigenvalue weighted by Gasteiger charge is 2.22. The van der Waals surface area contributed by atoms with Crippen molar-refractivity contribution in [2.24, 2.45) is 0 Å². The molecule has 2 aliphatic rings. The molecule has 204 valence electrons. The smallest absolute Gasteiger partial charge is 0.287 e. The first kappa shape index (κ1) is 26.3. The number of rotatable bonds is 7. The molecule has 0 unspecified atom stereocenters. The summed E-state index contributed by atoms with van der Waals surface area (Å²) in [6.45, 7) is 3.52. The molecule has 0 atom stereocenters. The van der Waals surface area contributed by atoms with Crippen LogP contribution in [0.15, 0.2) is 63.3 Å². The summed E-state index contributed by atoms with van der Waals surface area (Å²) in [5, 5.41) is 12.9. The summed E-state index contributed by atoms with van der Waals surface area (Å²) in [6.07, 6.45) is 6.46. The molecule has 5 rings (SSSR count). The number of fused-ring (bicyclic) bond motifs is 1. The molecule has 0 spiro atoms. The second-order valence-corrected chi connectivity index (χ2v) is 9.96. The van der Waals surface area contributed by atoms with Gasteiger partial charge >= 0.3 is 0 Å². The largest absolute Gasteiger partial charge is 0.504 e. The van der Waals surface area contributed by atoms with Crippen LogP contribution in [-0.2, 0) is 11.3 Å². The van der Waals surface area contributed by atoms with Gasteiger partial charge in [-0.25, -0.2) is 0 Å². The summed E-state index contributed by atoms with van der Waals surface area (Å²) in [6, 6.07) is 12.1. The maximum absolute atomic E-state index is 12.7. The highest BCUT2D eigenvalue weighted by molar-refractivity contribution is 5.93. The van der Waals surface area contributed by atoms with E-state index in [0.29, 0.717) is 19.5 Å². The quantitative estimate of drug-likeness (QED) is 0.444. The Bertz CT molecular complexity index is 1470.